The van der Waals surface area contributed by atoms with Gasteiger partial charge in [-0.05, 0) is 37.0 Å². The van der Waals surface area contributed by atoms with E-state index in [2.05, 4.69) is 18.8 Å². The molecule has 1 nitrogen and oxygen atoms in total. The number of aromatic nitrogens is 1. The van der Waals surface area contributed by atoms with Gasteiger partial charge in [0, 0.05) is 10.9 Å². The highest BCUT2D eigenvalue weighted by atomic mass is 32.1. The number of nitrogens with zero attached hydrogens (tertiary/aromatic N) is 1. The zero-order chi connectivity index (χ0) is 12.4. The lowest BCUT2D eigenvalue weighted by Crippen LogP contribution is -1.92. The second kappa shape index (κ2) is 4.96. The molecule has 0 radical (unpaired) electrons. The summed E-state index contributed by atoms with van der Waals surface area (Å²) in [6, 6.07) is 5.28. The summed E-state index contributed by atoms with van der Waals surface area (Å²) in [4.78, 5) is 4.52. The Balaban J connectivity index is 2.37. The van der Waals surface area contributed by atoms with Gasteiger partial charge in [-0.25, -0.2) is 9.37 Å². The van der Waals surface area contributed by atoms with Crippen LogP contribution in [0.3, 0.4) is 0 Å². The fraction of sp³-hybridized carbons (Fsp3) is 0.357. The average Bonchev–Trinajstić information content (AvgIpc) is 2.77. The van der Waals surface area contributed by atoms with Gasteiger partial charge in [-0.15, -0.1) is 11.3 Å². The van der Waals surface area contributed by atoms with Gasteiger partial charge in [0.2, 0.25) is 0 Å². The largest absolute Gasteiger partial charge is 0.241 e. The van der Waals surface area contributed by atoms with Crippen LogP contribution < -0.4 is 0 Å². The molecule has 0 saturated carbocycles. The van der Waals surface area contributed by atoms with E-state index in [1.807, 2.05) is 24.4 Å². The minimum Gasteiger partial charge on any atom is -0.241 e. The summed E-state index contributed by atoms with van der Waals surface area (Å²) >= 11 is 1.52. The second-order valence-corrected chi connectivity index (χ2v) is 5.23. The van der Waals surface area contributed by atoms with Crippen LogP contribution in [0.1, 0.15) is 37.4 Å². The number of aryl methyl sites for hydroxylation is 1. The standard InChI is InChI=1S/C14H16FNS/c1-4-10(3)13-8-17-14(16-13)11-6-5-9(2)7-12(11)15/h5-8,10H,4H2,1-3H3. The van der Waals surface area contributed by atoms with Crippen LogP contribution in [-0.2, 0) is 0 Å². The van der Waals surface area contributed by atoms with Crippen LogP contribution in [0.5, 0.6) is 0 Å². The molecule has 0 aliphatic carbocycles. The van der Waals surface area contributed by atoms with Crippen molar-refractivity contribution in [2.45, 2.75) is 33.1 Å². The first-order valence-corrected chi connectivity index (χ1v) is 6.71. The van der Waals surface area contributed by atoms with Crippen LogP contribution in [-0.4, -0.2) is 4.98 Å². The summed E-state index contributed by atoms with van der Waals surface area (Å²) in [5.41, 5.74) is 2.60. The number of benzene rings is 1. The predicted octanol–water partition coefficient (Wildman–Crippen LogP) is 4.77. The van der Waals surface area contributed by atoms with Crippen LogP contribution in [0, 0.1) is 12.7 Å². The van der Waals surface area contributed by atoms with Crippen molar-refractivity contribution >= 4 is 11.3 Å². The van der Waals surface area contributed by atoms with Gasteiger partial charge in [0.15, 0.2) is 0 Å². The van der Waals surface area contributed by atoms with E-state index in [4.69, 9.17) is 0 Å². The molecule has 2 rings (SSSR count). The Morgan fingerprint density at radius 2 is 2.18 bits per heavy atom. The highest BCUT2D eigenvalue weighted by molar-refractivity contribution is 7.13. The third kappa shape index (κ3) is 2.55. The van der Waals surface area contributed by atoms with Crippen LogP contribution in [0.2, 0.25) is 0 Å². The first kappa shape index (κ1) is 12.2. The van der Waals surface area contributed by atoms with E-state index in [1.165, 1.54) is 11.3 Å². The summed E-state index contributed by atoms with van der Waals surface area (Å²) in [7, 11) is 0. The minimum absolute atomic E-state index is 0.185. The molecule has 1 heterocycles. The summed E-state index contributed by atoms with van der Waals surface area (Å²) in [6.07, 6.45) is 1.06. The van der Waals surface area contributed by atoms with E-state index in [0.717, 1.165) is 22.7 Å². The fourth-order valence-corrected chi connectivity index (χ4v) is 2.61. The molecule has 3 heteroatoms. The summed E-state index contributed by atoms with van der Waals surface area (Å²) < 4.78 is 13.8. The Bertz CT molecular complexity index is 519. The van der Waals surface area contributed by atoms with Gasteiger partial charge in [0.05, 0.1) is 5.69 Å². The maximum atomic E-state index is 13.8. The molecule has 17 heavy (non-hydrogen) atoms. The third-order valence-corrected chi connectivity index (χ3v) is 3.89. The minimum atomic E-state index is -0.185. The van der Waals surface area contributed by atoms with E-state index in [0.29, 0.717) is 11.5 Å². The molecule has 1 atom stereocenters. The van der Waals surface area contributed by atoms with Crippen LogP contribution in [0.15, 0.2) is 23.6 Å². The van der Waals surface area contributed by atoms with Gasteiger partial charge in [-0.1, -0.05) is 19.9 Å². The molecule has 1 unspecified atom stereocenters. The molecule has 0 N–H and O–H groups in total. The summed E-state index contributed by atoms with van der Waals surface area (Å²) in [5, 5.41) is 2.81. The van der Waals surface area contributed by atoms with Crippen LogP contribution in [0.4, 0.5) is 4.39 Å². The number of rotatable bonds is 3. The number of thiazole rings is 1. The molecule has 2 aromatic rings. The molecule has 0 fully saturated rings. The van der Waals surface area contributed by atoms with E-state index < -0.39 is 0 Å². The fourth-order valence-electron chi connectivity index (χ4n) is 1.64. The Morgan fingerprint density at radius 1 is 1.41 bits per heavy atom. The van der Waals surface area contributed by atoms with Crippen molar-refractivity contribution < 1.29 is 4.39 Å². The van der Waals surface area contributed by atoms with E-state index >= 15 is 0 Å². The van der Waals surface area contributed by atoms with Gasteiger partial charge < -0.3 is 0 Å². The lowest BCUT2D eigenvalue weighted by atomic mass is 10.1. The van der Waals surface area contributed by atoms with Crippen molar-refractivity contribution in [3.8, 4) is 10.6 Å². The van der Waals surface area contributed by atoms with Gasteiger partial charge >= 0.3 is 0 Å². The molecule has 0 saturated heterocycles. The third-order valence-electron chi connectivity index (χ3n) is 2.99. The summed E-state index contributed by atoms with van der Waals surface area (Å²) in [6.45, 7) is 6.17. The van der Waals surface area contributed by atoms with Crippen molar-refractivity contribution in [1.29, 1.82) is 0 Å². The molecule has 1 aromatic heterocycles. The topological polar surface area (TPSA) is 12.9 Å². The molecular weight excluding hydrogens is 233 g/mol. The van der Waals surface area contributed by atoms with Gasteiger partial charge in [-0.3, -0.25) is 0 Å². The zero-order valence-electron chi connectivity index (χ0n) is 10.3. The van der Waals surface area contributed by atoms with E-state index in [-0.39, 0.29) is 5.82 Å². The first-order chi connectivity index (χ1) is 8.11. The lowest BCUT2D eigenvalue weighted by Gasteiger charge is -2.03. The Kier molecular flexibility index (Phi) is 3.57. The van der Waals surface area contributed by atoms with Crippen molar-refractivity contribution in [1.82, 2.24) is 4.98 Å². The molecular formula is C14H16FNS. The predicted molar refractivity (Wildman–Crippen MR) is 71.0 cm³/mol. The SMILES string of the molecule is CCC(C)c1csc(-c2ccc(C)cc2F)n1. The molecule has 0 bridgehead atoms. The lowest BCUT2D eigenvalue weighted by molar-refractivity contribution is 0.629. The van der Waals surface area contributed by atoms with Gasteiger partial charge in [-0.2, -0.15) is 0 Å². The molecule has 0 amide bonds. The number of hydrogen-bond donors (Lipinski definition) is 0. The number of halogens is 1. The Hall–Kier alpha value is -1.22. The molecule has 90 valence electrons. The molecule has 1 aromatic carbocycles. The van der Waals surface area contributed by atoms with E-state index in [1.54, 1.807) is 6.07 Å². The van der Waals surface area contributed by atoms with Crippen LogP contribution >= 0.6 is 11.3 Å². The maximum absolute atomic E-state index is 13.8. The maximum Gasteiger partial charge on any atom is 0.133 e. The average molecular weight is 249 g/mol. The highest BCUT2D eigenvalue weighted by Crippen LogP contribution is 2.30. The van der Waals surface area contributed by atoms with Gasteiger partial charge in [0.25, 0.3) is 0 Å². The Labute approximate surface area is 105 Å². The van der Waals surface area contributed by atoms with Crippen molar-refractivity contribution in [3.05, 3.63) is 40.7 Å². The monoisotopic (exact) mass is 249 g/mol. The first-order valence-electron chi connectivity index (χ1n) is 5.83. The molecule has 0 aliphatic rings. The smallest absolute Gasteiger partial charge is 0.133 e. The van der Waals surface area contributed by atoms with Crippen molar-refractivity contribution in [2.24, 2.45) is 0 Å². The highest BCUT2D eigenvalue weighted by Gasteiger charge is 2.12. The van der Waals surface area contributed by atoms with Gasteiger partial charge in [0.1, 0.15) is 10.8 Å². The molecule has 0 spiro atoms. The number of hydrogen-bond acceptors (Lipinski definition) is 2. The summed E-state index contributed by atoms with van der Waals surface area (Å²) in [5.74, 6) is 0.253. The second-order valence-electron chi connectivity index (χ2n) is 4.37. The zero-order valence-corrected chi connectivity index (χ0v) is 11.1. The van der Waals surface area contributed by atoms with Crippen LogP contribution in [0.25, 0.3) is 10.6 Å². The normalized spacial score (nSPS) is 12.7. The quantitative estimate of drug-likeness (QED) is 0.763. The van der Waals surface area contributed by atoms with E-state index in [9.17, 15) is 4.39 Å². The Morgan fingerprint density at radius 3 is 2.82 bits per heavy atom. The van der Waals surface area contributed by atoms with Crippen molar-refractivity contribution in [2.75, 3.05) is 0 Å². The molecule has 0 aliphatic heterocycles. The van der Waals surface area contributed by atoms with Crippen molar-refractivity contribution in [3.63, 3.8) is 0 Å².